The minimum Gasteiger partial charge on any atom is -0.489 e. The number of rotatable bonds is 5. The van der Waals surface area contributed by atoms with E-state index in [2.05, 4.69) is 5.43 Å². The Morgan fingerprint density at radius 1 is 1.20 bits per heavy atom. The summed E-state index contributed by atoms with van der Waals surface area (Å²) in [6.45, 7) is 1.86. The monoisotopic (exact) mass is 294 g/mol. The SMILES string of the molecule is CC(Oc1cccc(Cl)c1)C(NN)c1cccc(F)c1. The topological polar surface area (TPSA) is 47.3 Å². The first-order chi connectivity index (χ1) is 9.60. The number of nitrogens with two attached hydrogens (primary N) is 1. The molecule has 0 bridgehead atoms. The van der Waals surface area contributed by atoms with Crippen molar-refractivity contribution in [2.45, 2.75) is 19.1 Å². The average molecular weight is 295 g/mol. The first kappa shape index (κ1) is 14.8. The molecule has 2 atom stereocenters. The second-order valence-electron chi connectivity index (χ2n) is 4.48. The highest BCUT2D eigenvalue weighted by atomic mass is 35.5. The van der Waals surface area contributed by atoms with Crippen molar-refractivity contribution in [3.05, 3.63) is 64.9 Å². The Bertz CT molecular complexity index is 579. The molecule has 0 aromatic heterocycles. The van der Waals surface area contributed by atoms with Crippen LogP contribution in [0.4, 0.5) is 4.39 Å². The van der Waals surface area contributed by atoms with Crippen LogP contribution in [0.25, 0.3) is 0 Å². The van der Waals surface area contributed by atoms with Gasteiger partial charge in [-0.2, -0.15) is 0 Å². The van der Waals surface area contributed by atoms with E-state index in [0.29, 0.717) is 10.8 Å². The molecule has 0 aliphatic rings. The van der Waals surface area contributed by atoms with Crippen LogP contribution in [-0.4, -0.2) is 6.10 Å². The van der Waals surface area contributed by atoms with Crippen LogP contribution in [-0.2, 0) is 0 Å². The van der Waals surface area contributed by atoms with E-state index in [4.69, 9.17) is 22.2 Å². The van der Waals surface area contributed by atoms with Gasteiger partial charge in [0.05, 0.1) is 6.04 Å². The van der Waals surface area contributed by atoms with Gasteiger partial charge in [0.1, 0.15) is 17.7 Å². The molecular formula is C15H16ClFN2O. The Balaban J connectivity index is 2.15. The third kappa shape index (κ3) is 3.70. The number of hydrazine groups is 1. The number of ether oxygens (including phenoxy) is 1. The fraction of sp³-hybridized carbons (Fsp3) is 0.200. The Hall–Kier alpha value is -1.62. The van der Waals surface area contributed by atoms with Crippen LogP contribution in [0.2, 0.25) is 5.02 Å². The third-order valence-electron chi connectivity index (χ3n) is 2.97. The van der Waals surface area contributed by atoms with Crippen molar-refractivity contribution < 1.29 is 9.13 Å². The van der Waals surface area contributed by atoms with Crippen LogP contribution in [0.15, 0.2) is 48.5 Å². The summed E-state index contributed by atoms with van der Waals surface area (Å²) in [5, 5.41) is 0.595. The van der Waals surface area contributed by atoms with E-state index >= 15 is 0 Å². The highest BCUT2D eigenvalue weighted by Crippen LogP contribution is 2.24. The van der Waals surface area contributed by atoms with Gasteiger partial charge in [-0.15, -0.1) is 0 Å². The van der Waals surface area contributed by atoms with E-state index < -0.39 is 0 Å². The molecule has 3 N–H and O–H groups in total. The predicted molar refractivity (Wildman–Crippen MR) is 78.0 cm³/mol. The van der Waals surface area contributed by atoms with Crippen molar-refractivity contribution >= 4 is 11.6 Å². The molecule has 0 radical (unpaired) electrons. The minimum atomic E-state index is -0.329. The average Bonchev–Trinajstić information content (AvgIpc) is 2.39. The lowest BCUT2D eigenvalue weighted by Gasteiger charge is -2.24. The van der Waals surface area contributed by atoms with E-state index in [9.17, 15) is 4.39 Å². The molecule has 0 saturated carbocycles. The summed E-state index contributed by atoms with van der Waals surface area (Å²) in [7, 11) is 0. The summed E-state index contributed by atoms with van der Waals surface area (Å²) in [6, 6.07) is 13.0. The van der Waals surface area contributed by atoms with Gasteiger partial charge >= 0.3 is 0 Å². The molecule has 106 valence electrons. The lowest BCUT2D eigenvalue weighted by Crippen LogP contribution is -2.38. The molecule has 0 saturated heterocycles. The van der Waals surface area contributed by atoms with Crippen molar-refractivity contribution in [2.75, 3.05) is 0 Å². The predicted octanol–water partition coefficient (Wildman–Crippen LogP) is 3.45. The van der Waals surface area contributed by atoms with Crippen LogP contribution in [0.5, 0.6) is 5.75 Å². The van der Waals surface area contributed by atoms with Crippen LogP contribution in [0.3, 0.4) is 0 Å². The smallest absolute Gasteiger partial charge is 0.123 e. The van der Waals surface area contributed by atoms with Crippen molar-refractivity contribution in [2.24, 2.45) is 5.84 Å². The standard InChI is InChI=1S/C15H16ClFN2O/c1-10(20-14-7-3-5-12(16)9-14)15(19-18)11-4-2-6-13(17)8-11/h2-10,15,19H,18H2,1H3. The molecule has 2 aromatic rings. The van der Waals surface area contributed by atoms with E-state index in [0.717, 1.165) is 5.56 Å². The molecule has 0 aliphatic carbocycles. The zero-order valence-corrected chi connectivity index (χ0v) is 11.8. The van der Waals surface area contributed by atoms with E-state index in [-0.39, 0.29) is 18.0 Å². The van der Waals surface area contributed by atoms with E-state index in [1.165, 1.54) is 12.1 Å². The van der Waals surface area contributed by atoms with Gasteiger partial charge in [-0.3, -0.25) is 5.84 Å². The number of hydrogen-bond acceptors (Lipinski definition) is 3. The zero-order chi connectivity index (χ0) is 14.5. The molecule has 0 heterocycles. The normalized spacial score (nSPS) is 13.8. The Morgan fingerprint density at radius 3 is 2.60 bits per heavy atom. The first-order valence-corrected chi connectivity index (χ1v) is 6.62. The lowest BCUT2D eigenvalue weighted by atomic mass is 10.0. The van der Waals surface area contributed by atoms with Gasteiger partial charge in [-0.05, 0) is 42.8 Å². The molecule has 2 aromatic carbocycles. The largest absolute Gasteiger partial charge is 0.489 e. The molecule has 2 rings (SSSR count). The summed E-state index contributed by atoms with van der Waals surface area (Å²) >= 11 is 5.91. The number of hydrogen-bond donors (Lipinski definition) is 2. The molecule has 3 nitrogen and oxygen atoms in total. The van der Waals surface area contributed by atoms with Crippen molar-refractivity contribution in [3.63, 3.8) is 0 Å². The van der Waals surface area contributed by atoms with Crippen molar-refractivity contribution in [3.8, 4) is 5.75 Å². The van der Waals surface area contributed by atoms with Crippen molar-refractivity contribution in [1.82, 2.24) is 5.43 Å². The summed E-state index contributed by atoms with van der Waals surface area (Å²) in [5.41, 5.74) is 3.38. The number of nitrogens with one attached hydrogen (secondary N) is 1. The Kier molecular flexibility index (Phi) is 4.95. The number of halogens is 2. The van der Waals surface area contributed by atoms with Crippen LogP contribution in [0, 0.1) is 5.82 Å². The highest BCUT2D eigenvalue weighted by molar-refractivity contribution is 6.30. The van der Waals surface area contributed by atoms with Crippen LogP contribution < -0.4 is 16.0 Å². The maximum absolute atomic E-state index is 13.3. The molecule has 0 amide bonds. The maximum Gasteiger partial charge on any atom is 0.123 e. The first-order valence-electron chi connectivity index (χ1n) is 6.24. The van der Waals surface area contributed by atoms with Gasteiger partial charge in [0.2, 0.25) is 0 Å². The summed E-state index contributed by atoms with van der Waals surface area (Å²) < 4.78 is 19.1. The summed E-state index contributed by atoms with van der Waals surface area (Å²) in [6.07, 6.45) is -0.291. The quantitative estimate of drug-likeness (QED) is 0.656. The zero-order valence-electron chi connectivity index (χ0n) is 11.0. The third-order valence-corrected chi connectivity index (χ3v) is 3.21. The fourth-order valence-electron chi connectivity index (χ4n) is 2.03. The Labute approximate surface area is 122 Å². The van der Waals surface area contributed by atoms with Gasteiger partial charge < -0.3 is 4.74 Å². The highest BCUT2D eigenvalue weighted by Gasteiger charge is 2.20. The van der Waals surface area contributed by atoms with E-state index in [1.807, 2.05) is 13.0 Å². The molecule has 2 unspecified atom stereocenters. The molecule has 5 heteroatoms. The van der Waals surface area contributed by atoms with E-state index in [1.54, 1.807) is 30.3 Å². The minimum absolute atomic E-state index is 0.291. The molecule has 0 aliphatic heterocycles. The lowest BCUT2D eigenvalue weighted by molar-refractivity contribution is 0.171. The van der Waals surface area contributed by atoms with Gasteiger partial charge in [-0.25, -0.2) is 9.82 Å². The maximum atomic E-state index is 13.3. The Morgan fingerprint density at radius 2 is 1.95 bits per heavy atom. The van der Waals surface area contributed by atoms with Crippen LogP contribution in [0.1, 0.15) is 18.5 Å². The number of benzene rings is 2. The van der Waals surface area contributed by atoms with Gasteiger partial charge in [-0.1, -0.05) is 29.8 Å². The molecule has 0 fully saturated rings. The van der Waals surface area contributed by atoms with Gasteiger partial charge in [0.25, 0.3) is 0 Å². The fourth-order valence-corrected chi connectivity index (χ4v) is 2.21. The van der Waals surface area contributed by atoms with Crippen molar-refractivity contribution in [1.29, 1.82) is 0 Å². The summed E-state index contributed by atoms with van der Waals surface area (Å²) in [4.78, 5) is 0. The van der Waals surface area contributed by atoms with Crippen LogP contribution >= 0.6 is 11.6 Å². The molecule has 0 spiro atoms. The van der Waals surface area contributed by atoms with Gasteiger partial charge in [0, 0.05) is 5.02 Å². The van der Waals surface area contributed by atoms with Gasteiger partial charge in [0.15, 0.2) is 0 Å². The molecule has 20 heavy (non-hydrogen) atoms. The summed E-state index contributed by atoms with van der Waals surface area (Å²) in [5.74, 6) is 5.89. The second-order valence-corrected chi connectivity index (χ2v) is 4.92. The second kappa shape index (κ2) is 6.70. The molecular weight excluding hydrogens is 279 g/mol.